The number of aromatic nitrogens is 2. The standard InChI is InChI=1S/C9H12N4/c1-2-9(6-8(11)7-10)13-5-3-4-12-13/h2-7,10H,11H2,1H3/b8-6+,9-2+,10-7?. The Balaban J connectivity index is 2.95. The average molecular weight is 176 g/mol. The SMILES string of the molecule is C/C=C(\C=C(\N)C=N)n1cccn1. The van der Waals surface area contributed by atoms with Crippen LogP contribution in [0.3, 0.4) is 0 Å². The fourth-order valence-corrected chi connectivity index (χ4v) is 0.916. The van der Waals surface area contributed by atoms with Crippen LogP contribution in [0.25, 0.3) is 5.70 Å². The second kappa shape index (κ2) is 4.25. The lowest BCUT2D eigenvalue weighted by Crippen LogP contribution is -2.01. The third kappa shape index (κ3) is 2.30. The van der Waals surface area contributed by atoms with Gasteiger partial charge in [-0.25, -0.2) is 4.68 Å². The van der Waals surface area contributed by atoms with Crippen molar-refractivity contribution in [3.63, 3.8) is 0 Å². The van der Waals surface area contributed by atoms with E-state index in [-0.39, 0.29) is 0 Å². The summed E-state index contributed by atoms with van der Waals surface area (Å²) >= 11 is 0. The van der Waals surface area contributed by atoms with Gasteiger partial charge in [0.15, 0.2) is 0 Å². The van der Waals surface area contributed by atoms with Gasteiger partial charge in [-0.3, -0.25) is 0 Å². The highest BCUT2D eigenvalue weighted by Gasteiger charge is 1.95. The third-order valence-electron chi connectivity index (χ3n) is 1.55. The Bertz CT molecular complexity index is 333. The molecule has 1 heterocycles. The first kappa shape index (κ1) is 9.25. The van der Waals surface area contributed by atoms with E-state index in [1.165, 1.54) is 0 Å². The molecule has 4 heteroatoms. The van der Waals surface area contributed by atoms with Crippen molar-refractivity contribution in [2.75, 3.05) is 0 Å². The molecule has 13 heavy (non-hydrogen) atoms. The molecule has 0 bridgehead atoms. The summed E-state index contributed by atoms with van der Waals surface area (Å²) < 4.78 is 1.69. The summed E-state index contributed by atoms with van der Waals surface area (Å²) in [5.41, 5.74) is 6.75. The van der Waals surface area contributed by atoms with E-state index in [1.807, 2.05) is 25.3 Å². The maximum absolute atomic E-state index is 6.93. The van der Waals surface area contributed by atoms with E-state index in [1.54, 1.807) is 17.0 Å². The van der Waals surface area contributed by atoms with Crippen molar-refractivity contribution in [3.8, 4) is 0 Å². The fourth-order valence-electron chi connectivity index (χ4n) is 0.916. The number of nitrogens with two attached hydrogens (primary N) is 1. The van der Waals surface area contributed by atoms with Crippen molar-refractivity contribution >= 4 is 11.9 Å². The summed E-state index contributed by atoms with van der Waals surface area (Å²) in [6, 6.07) is 1.83. The molecule has 1 rings (SSSR count). The molecule has 0 aliphatic carbocycles. The summed E-state index contributed by atoms with van der Waals surface area (Å²) in [4.78, 5) is 0. The number of hydrogen-bond donors (Lipinski definition) is 2. The van der Waals surface area contributed by atoms with Crippen molar-refractivity contribution in [3.05, 3.63) is 36.3 Å². The molecule has 0 aliphatic rings. The van der Waals surface area contributed by atoms with E-state index in [0.29, 0.717) is 5.70 Å². The number of allylic oxidation sites excluding steroid dienone is 4. The smallest absolute Gasteiger partial charge is 0.0623 e. The fraction of sp³-hybridized carbons (Fsp3) is 0.111. The Morgan fingerprint density at radius 3 is 2.85 bits per heavy atom. The first-order valence-corrected chi connectivity index (χ1v) is 3.92. The van der Waals surface area contributed by atoms with Gasteiger partial charge >= 0.3 is 0 Å². The van der Waals surface area contributed by atoms with Crippen LogP contribution in [-0.2, 0) is 0 Å². The van der Waals surface area contributed by atoms with E-state index >= 15 is 0 Å². The Kier molecular flexibility index (Phi) is 3.03. The molecule has 3 N–H and O–H groups in total. The van der Waals surface area contributed by atoms with Gasteiger partial charge in [0.25, 0.3) is 0 Å². The van der Waals surface area contributed by atoms with Crippen molar-refractivity contribution in [1.29, 1.82) is 5.41 Å². The van der Waals surface area contributed by atoms with Gasteiger partial charge in [0.2, 0.25) is 0 Å². The van der Waals surface area contributed by atoms with Gasteiger partial charge in [-0.05, 0) is 19.1 Å². The summed E-state index contributed by atoms with van der Waals surface area (Å²) in [6.45, 7) is 1.89. The second-order valence-corrected chi connectivity index (χ2v) is 2.45. The topological polar surface area (TPSA) is 67.7 Å². The van der Waals surface area contributed by atoms with Crippen molar-refractivity contribution in [2.45, 2.75) is 6.92 Å². The zero-order valence-electron chi connectivity index (χ0n) is 7.44. The first-order valence-electron chi connectivity index (χ1n) is 3.92. The van der Waals surface area contributed by atoms with Gasteiger partial charge < -0.3 is 11.1 Å². The largest absolute Gasteiger partial charge is 0.397 e. The predicted octanol–water partition coefficient (Wildman–Crippen LogP) is 1.24. The van der Waals surface area contributed by atoms with Crippen LogP contribution in [0.5, 0.6) is 0 Å². The number of nitrogens with zero attached hydrogens (tertiary/aromatic N) is 2. The highest BCUT2D eigenvalue weighted by Crippen LogP contribution is 2.04. The van der Waals surface area contributed by atoms with Crippen LogP contribution in [-0.4, -0.2) is 16.0 Å². The summed E-state index contributed by atoms with van der Waals surface area (Å²) in [5, 5.41) is 11.0. The molecule has 0 aromatic carbocycles. The zero-order valence-corrected chi connectivity index (χ0v) is 7.44. The van der Waals surface area contributed by atoms with E-state index in [2.05, 4.69) is 5.10 Å². The molecular weight excluding hydrogens is 164 g/mol. The van der Waals surface area contributed by atoms with Crippen molar-refractivity contribution < 1.29 is 0 Å². The van der Waals surface area contributed by atoms with Gasteiger partial charge in [-0.1, -0.05) is 6.08 Å². The van der Waals surface area contributed by atoms with Gasteiger partial charge in [0.05, 0.1) is 11.4 Å². The van der Waals surface area contributed by atoms with Crippen LogP contribution >= 0.6 is 0 Å². The molecule has 0 saturated heterocycles. The molecule has 68 valence electrons. The predicted molar refractivity (Wildman–Crippen MR) is 53.2 cm³/mol. The first-order chi connectivity index (χ1) is 6.27. The zero-order chi connectivity index (χ0) is 9.68. The van der Waals surface area contributed by atoms with Crippen molar-refractivity contribution in [2.24, 2.45) is 5.73 Å². The molecule has 0 unspecified atom stereocenters. The highest BCUT2D eigenvalue weighted by molar-refractivity contribution is 5.78. The second-order valence-electron chi connectivity index (χ2n) is 2.45. The van der Waals surface area contributed by atoms with Crippen LogP contribution < -0.4 is 5.73 Å². The minimum Gasteiger partial charge on any atom is -0.397 e. The minimum absolute atomic E-state index is 0.406. The van der Waals surface area contributed by atoms with Crippen molar-refractivity contribution in [1.82, 2.24) is 9.78 Å². The molecule has 1 aromatic heterocycles. The molecule has 0 aliphatic heterocycles. The maximum Gasteiger partial charge on any atom is 0.0623 e. The van der Waals surface area contributed by atoms with Crippen LogP contribution in [0.4, 0.5) is 0 Å². The molecule has 0 amide bonds. The van der Waals surface area contributed by atoms with Crippen LogP contribution in [0.15, 0.2) is 36.3 Å². The maximum atomic E-state index is 6.93. The minimum atomic E-state index is 0.406. The lowest BCUT2D eigenvalue weighted by Gasteiger charge is -2.01. The molecular formula is C9H12N4. The lowest BCUT2D eigenvalue weighted by molar-refractivity contribution is 0.907. The Hall–Kier alpha value is -1.84. The van der Waals surface area contributed by atoms with Crippen LogP contribution in [0, 0.1) is 5.41 Å². The van der Waals surface area contributed by atoms with E-state index in [9.17, 15) is 0 Å². The molecule has 1 aromatic rings. The van der Waals surface area contributed by atoms with Gasteiger partial charge in [-0.15, -0.1) is 0 Å². The summed E-state index contributed by atoms with van der Waals surface area (Å²) in [6.07, 6.45) is 8.19. The molecule has 0 spiro atoms. The summed E-state index contributed by atoms with van der Waals surface area (Å²) in [5.74, 6) is 0. The van der Waals surface area contributed by atoms with E-state index in [4.69, 9.17) is 11.1 Å². The summed E-state index contributed by atoms with van der Waals surface area (Å²) in [7, 11) is 0. The number of nitrogens with one attached hydrogen (secondary N) is 1. The Morgan fingerprint density at radius 1 is 1.62 bits per heavy atom. The Morgan fingerprint density at radius 2 is 2.38 bits per heavy atom. The third-order valence-corrected chi connectivity index (χ3v) is 1.55. The van der Waals surface area contributed by atoms with E-state index < -0.39 is 0 Å². The monoisotopic (exact) mass is 176 g/mol. The average Bonchev–Trinajstić information content (AvgIpc) is 2.66. The molecule has 4 nitrogen and oxygen atoms in total. The van der Waals surface area contributed by atoms with Crippen LogP contribution in [0.2, 0.25) is 0 Å². The highest BCUT2D eigenvalue weighted by atomic mass is 15.3. The molecule has 0 atom stereocenters. The Labute approximate surface area is 76.9 Å². The van der Waals surface area contributed by atoms with Gasteiger partial charge in [-0.2, -0.15) is 5.10 Å². The van der Waals surface area contributed by atoms with Gasteiger partial charge in [0.1, 0.15) is 0 Å². The quantitative estimate of drug-likeness (QED) is 0.537. The molecule has 0 saturated carbocycles. The normalized spacial score (nSPS) is 13.0. The van der Waals surface area contributed by atoms with Gasteiger partial charge in [0, 0.05) is 18.6 Å². The van der Waals surface area contributed by atoms with Crippen LogP contribution in [0.1, 0.15) is 6.92 Å². The molecule has 0 fully saturated rings. The molecule has 0 radical (unpaired) electrons. The lowest BCUT2D eigenvalue weighted by atomic mass is 10.3. The van der Waals surface area contributed by atoms with E-state index in [0.717, 1.165) is 11.9 Å². The number of rotatable bonds is 3. The number of hydrogen-bond acceptors (Lipinski definition) is 3.